The van der Waals surface area contributed by atoms with Crippen molar-refractivity contribution in [3.63, 3.8) is 0 Å². The second kappa shape index (κ2) is 5.05. The van der Waals surface area contributed by atoms with Crippen molar-refractivity contribution < 1.29 is 15.0 Å². The Bertz CT molecular complexity index is 488. The first kappa shape index (κ1) is 13.6. The lowest BCUT2D eigenvalue weighted by Crippen LogP contribution is -2.29. The van der Waals surface area contributed by atoms with Gasteiger partial charge in [-0.1, -0.05) is 0 Å². The summed E-state index contributed by atoms with van der Waals surface area (Å²) in [6.07, 6.45) is 3.64. The van der Waals surface area contributed by atoms with E-state index >= 15 is 0 Å². The molecule has 1 unspecified atom stereocenters. The van der Waals surface area contributed by atoms with Crippen LogP contribution in [0.15, 0.2) is 12.3 Å². The molecule has 19 heavy (non-hydrogen) atoms. The summed E-state index contributed by atoms with van der Waals surface area (Å²) in [5.74, 6) is -0.817. The van der Waals surface area contributed by atoms with Crippen LogP contribution in [0.3, 0.4) is 0 Å². The SMILES string of the molecule is CC1(O)CCCN(c2cnc(N)cc2C(=O)O)CC1. The molecule has 0 aliphatic carbocycles. The fraction of sp³-hybridized carbons (Fsp3) is 0.538. The third-order valence-corrected chi connectivity index (χ3v) is 3.54. The van der Waals surface area contributed by atoms with Crippen molar-refractivity contribution in [3.8, 4) is 0 Å². The summed E-state index contributed by atoms with van der Waals surface area (Å²) < 4.78 is 0. The monoisotopic (exact) mass is 265 g/mol. The molecule has 1 atom stereocenters. The molecule has 2 rings (SSSR count). The molecule has 6 heteroatoms. The number of nitrogens with zero attached hydrogens (tertiary/aromatic N) is 2. The first-order valence-corrected chi connectivity index (χ1v) is 6.35. The summed E-state index contributed by atoms with van der Waals surface area (Å²) in [7, 11) is 0. The van der Waals surface area contributed by atoms with E-state index in [1.165, 1.54) is 12.3 Å². The number of carboxylic acids is 1. The number of hydrogen-bond acceptors (Lipinski definition) is 5. The predicted octanol–water partition coefficient (Wildman–Crippen LogP) is 1.10. The van der Waals surface area contributed by atoms with Gasteiger partial charge in [0.15, 0.2) is 0 Å². The zero-order valence-corrected chi connectivity index (χ0v) is 11.0. The lowest BCUT2D eigenvalue weighted by molar-refractivity contribution is 0.0481. The Kier molecular flexibility index (Phi) is 3.61. The maximum atomic E-state index is 11.3. The number of aliphatic hydroxyl groups is 1. The summed E-state index contributed by atoms with van der Waals surface area (Å²) in [5.41, 5.74) is 5.58. The van der Waals surface area contributed by atoms with Crippen LogP contribution in [0.4, 0.5) is 11.5 Å². The number of pyridine rings is 1. The topological polar surface area (TPSA) is 99.7 Å². The van der Waals surface area contributed by atoms with E-state index in [2.05, 4.69) is 4.98 Å². The number of anilines is 2. The first-order chi connectivity index (χ1) is 8.89. The molecule has 1 aliphatic heterocycles. The van der Waals surface area contributed by atoms with Gasteiger partial charge in [0.25, 0.3) is 0 Å². The fourth-order valence-electron chi connectivity index (χ4n) is 2.39. The molecule has 1 saturated heterocycles. The normalized spacial score (nSPS) is 24.0. The molecule has 0 radical (unpaired) electrons. The van der Waals surface area contributed by atoms with Gasteiger partial charge in [0.05, 0.1) is 23.0 Å². The minimum Gasteiger partial charge on any atom is -0.478 e. The van der Waals surface area contributed by atoms with Crippen LogP contribution in [0.5, 0.6) is 0 Å². The summed E-state index contributed by atoms with van der Waals surface area (Å²) in [5, 5.41) is 19.3. The quantitative estimate of drug-likeness (QED) is 0.740. The second-order valence-corrected chi connectivity index (χ2v) is 5.27. The average molecular weight is 265 g/mol. The summed E-state index contributed by atoms with van der Waals surface area (Å²) in [4.78, 5) is 17.2. The molecule has 1 fully saturated rings. The minimum atomic E-state index is -1.01. The van der Waals surface area contributed by atoms with E-state index in [1.54, 1.807) is 0 Å². The van der Waals surface area contributed by atoms with Gasteiger partial charge >= 0.3 is 5.97 Å². The Morgan fingerprint density at radius 3 is 2.89 bits per heavy atom. The van der Waals surface area contributed by atoms with Crippen LogP contribution in [0.1, 0.15) is 36.5 Å². The smallest absolute Gasteiger partial charge is 0.338 e. The number of nitrogens with two attached hydrogens (primary N) is 1. The number of aromatic nitrogens is 1. The number of hydrogen-bond donors (Lipinski definition) is 3. The van der Waals surface area contributed by atoms with Crippen molar-refractivity contribution >= 4 is 17.5 Å². The van der Waals surface area contributed by atoms with Gasteiger partial charge in [-0.3, -0.25) is 0 Å². The van der Waals surface area contributed by atoms with E-state index in [1.807, 2.05) is 11.8 Å². The lowest BCUT2D eigenvalue weighted by Gasteiger charge is -2.25. The standard InChI is InChI=1S/C13H19N3O3/c1-13(19)3-2-5-16(6-4-13)10-8-15-11(14)7-9(10)12(17)18/h7-8,19H,2-6H2,1H3,(H2,14,15)(H,17,18). The molecular formula is C13H19N3O3. The van der Waals surface area contributed by atoms with Gasteiger partial charge in [-0.15, -0.1) is 0 Å². The molecule has 0 saturated carbocycles. The third-order valence-electron chi connectivity index (χ3n) is 3.54. The van der Waals surface area contributed by atoms with E-state index < -0.39 is 11.6 Å². The molecule has 4 N–H and O–H groups in total. The van der Waals surface area contributed by atoms with Gasteiger partial charge in [0.1, 0.15) is 5.82 Å². The number of aromatic carboxylic acids is 1. The molecular weight excluding hydrogens is 246 g/mol. The molecule has 0 spiro atoms. The number of carbonyl (C=O) groups is 1. The molecule has 0 amide bonds. The maximum Gasteiger partial charge on any atom is 0.338 e. The second-order valence-electron chi connectivity index (χ2n) is 5.27. The minimum absolute atomic E-state index is 0.161. The van der Waals surface area contributed by atoms with Crippen molar-refractivity contribution in [2.24, 2.45) is 0 Å². The van der Waals surface area contributed by atoms with Crippen molar-refractivity contribution in [2.45, 2.75) is 31.8 Å². The van der Waals surface area contributed by atoms with Gasteiger partial charge in [0.2, 0.25) is 0 Å². The Morgan fingerprint density at radius 2 is 2.21 bits per heavy atom. The van der Waals surface area contributed by atoms with E-state index in [4.69, 9.17) is 5.73 Å². The Hall–Kier alpha value is -1.82. The Balaban J connectivity index is 2.29. The maximum absolute atomic E-state index is 11.3. The molecule has 104 valence electrons. The Morgan fingerprint density at radius 1 is 1.47 bits per heavy atom. The van der Waals surface area contributed by atoms with E-state index in [0.29, 0.717) is 31.6 Å². The van der Waals surface area contributed by atoms with Crippen molar-refractivity contribution in [1.29, 1.82) is 0 Å². The summed E-state index contributed by atoms with van der Waals surface area (Å²) >= 11 is 0. The largest absolute Gasteiger partial charge is 0.478 e. The van der Waals surface area contributed by atoms with Gasteiger partial charge in [-0.2, -0.15) is 0 Å². The van der Waals surface area contributed by atoms with Crippen LogP contribution >= 0.6 is 0 Å². The van der Waals surface area contributed by atoms with Gasteiger partial charge < -0.3 is 20.8 Å². The van der Waals surface area contributed by atoms with Crippen LogP contribution in [-0.4, -0.2) is 39.9 Å². The van der Waals surface area contributed by atoms with Crippen molar-refractivity contribution in [1.82, 2.24) is 4.98 Å². The van der Waals surface area contributed by atoms with E-state index in [-0.39, 0.29) is 11.4 Å². The third kappa shape index (κ3) is 3.14. The van der Waals surface area contributed by atoms with Crippen LogP contribution in [0.25, 0.3) is 0 Å². The summed E-state index contributed by atoms with van der Waals surface area (Å²) in [6.45, 7) is 3.14. The number of carboxylic acid groups (broad SMARTS) is 1. The van der Waals surface area contributed by atoms with E-state index in [9.17, 15) is 15.0 Å². The highest BCUT2D eigenvalue weighted by Gasteiger charge is 2.27. The fourth-order valence-corrected chi connectivity index (χ4v) is 2.39. The zero-order chi connectivity index (χ0) is 14.0. The van der Waals surface area contributed by atoms with Crippen LogP contribution in [0.2, 0.25) is 0 Å². The molecule has 0 bridgehead atoms. The van der Waals surface area contributed by atoms with Crippen molar-refractivity contribution in [2.75, 3.05) is 23.7 Å². The molecule has 6 nitrogen and oxygen atoms in total. The van der Waals surface area contributed by atoms with Crippen LogP contribution < -0.4 is 10.6 Å². The molecule has 1 aromatic rings. The highest BCUT2D eigenvalue weighted by molar-refractivity contribution is 5.95. The van der Waals surface area contributed by atoms with Crippen molar-refractivity contribution in [3.05, 3.63) is 17.8 Å². The molecule has 0 aromatic carbocycles. The highest BCUT2D eigenvalue weighted by atomic mass is 16.4. The zero-order valence-electron chi connectivity index (χ0n) is 11.0. The van der Waals surface area contributed by atoms with Crippen LogP contribution in [-0.2, 0) is 0 Å². The number of rotatable bonds is 2. The number of nitrogen functional groups attached to an aromatic ring is 1. The van der Waals surface area contributed by atoms with Gasteiger partial charge in [-0.25, -0.2) is 9.78 Å². The van der Waals surface area contributed by atoms with Crippen LogP contribution in [0, 0.1) is 0 Å². The molecule has 2 heterocycles. The highest BCUT2D eigenvalue weighted by Crippen LogP contribution is 2.27. The molecule has 1 aromatic heterocycles. The molecule has 1 aliphatic rings. The van der Waals surface area contributed by atoms with Gasteiger partial charge in [0, 0.05) is 13.1 Å². The average Bonchev–Trinajstić information content (AvgIpc) is 2.50. The predicted molar refractivity (Wildman–Crippen MR) is 72.3 cm³/mol. The Labute approximate surface area is 111 Å². The first-order valence-electron chi connectivity index (χ1n) is 6.35. The van der Waals surface area contributed by atoms with Gasteiger partial charge in [-0.05, 0) is 32.3 Å². The summed E-state index contributed by atoms with van der Waals surface area (Å²) in [6, 6.07) is 1.38. The van der Waals surface area contributed by atoms with E-state index in [0.717, 1.165) is 6.42 Å². The lowest BCUT2D eigenvalue weighted by atomic mass is 9.98.